The Morgan fingerprint density at radius 2 is 1.92 bits per heavy atom. The average Bonchev–Trinajstić information content (AvgIpc) is 2.56. The minimum atomic E-state index is -0.348. The van der Waals surface area contributed by atoms with Crippen LogP contribution < -0.4 is 15.4 Å². The number of hydrogen-bond donors (Lipinski definition) is 2. The summed E-state index contributed by atoms with van der Waals surface area (Å²) >= 11 is 12.3. The molecule has 2 rings (SSSR count). The molecule has 134 valence electrons. The van der Waals surface area contributed by atoms with E-state index in [9.17, 15) is 4.79 Å². The topological polar surface area (TPSA) is 53.6 Å². The molecule has 2 aromatic rings. The minimum absolute atomic E-state index is 0.0549. The first-order chi connectivity index (χ1) is 11.9. The summed E-state index contributed by atoms with van der Waals surface area (Å²) in [5, 5.41) is 6.79. The average molecular weight is 382 g/mol. The highest BCUT2D eigenvalue weighted by Crippen LogP contribution is 2.28. The molecule has 0 spiro atoms. The van der Waals surface area contributed by atoms with E-state index in [2.05, 4.69) is 10.6 Å². The summed E-state index contributed by atoms with van der Waals surface area (Å²) in [7, 11) is 5.41. The van der Waals surface area contributed by atoms with E-state index < -0.39 is 0 Å². The van der Waals surface area contributed by atoms with Gasteiger partial charge in [0.2, 0.25) is 0 Å². The van der Waals surface area contributed by atoms with Crippen molar-refractivity contribution in [1.29, 1.82) is 0 Å². The second-order valence-electron chi connectivity index (χ2n) is 5.68. The van der Waals surface area contributed by atoms with E-state index in [0.717, 1.165) is 5.56 Å². The summed E-state index contributed by atoms with van der Waals surface area (Å²) < 4.78 is 5.22. The molecule has 0 aliphatic carbocycles. The highest BCUT2D eigenvalue weighted by molar-refractivity contribution is 6.31. The lowest BCUT2D eigenvalue weighted by Gasteiger charge is -2.26. The van der Waals surface area contributed by atoms with E-state index >= 15 is 0 Å². The molecule has 2 amide bonds. The number of hydrogen-bond acceptors (Lipinski definition) is 3. The molecular formula is C18H21Cl2N3O2. The van der Waals surface area contributed by atoms with Gasteiger partial charge in [-0.05, 0) is 43.9 Å². The monoisotopic (exact) mass is 381 g/mol. The summed E-state index contributed by atoms with van der Waals surface area (Å²) in [5.74, 6) is 0.537. The van der Waals surface area contributed by atoms with Crippen LogP contribution in [0.4, 0.5) is 10.5 Å². The van der Waals surface area contributed by atoms with Crippen LogP contribution in [-0.4, -0.2) is 38.7 Å². The maximum Gasteiger partial charge on any atom is 0.319 e. The van der Waals surface area contributed by atoms with E-state index in [1.165, 1.54) is 7.11 Å². The van der Waals surface area contributed by atoms with Crippen LogP contribution in [0, 0.1) is 0 Å². The molecule has 1 unspecified atom stereocenters. The van der Waals surface area contributed by atoms with Gasteiger partial charge in [0.05, 0.1) is 18.8 Å². The molecule has 0 fully saturated rings. The molecule has 0 aromatic heterocycles. The van der Waals surface area contributed by atoms with Crippen molar-refractivity contribution in [2.45, 2.75) is 6.04 Å². The fraction of sp³-hybridized carbons (Fsp3) is 0.278. The molecule has 2 N–H and O–H groups in total. The number of methoxy groups -OCH3 is 1. The second-order valence-corrected chi connectivity index (χ2v) is 6.52. The Bertz CT molecular complexity index is 738. The standard InChI is InChI=1S/C18H21Cl2N3O2/c1-23(2)16(13-6-4-5-7-14(13)20)11-21-18(24)22-15-10-12(19)8-9-17(15)25-3/h4-10,16H,11H2,1-3H3,(H2,21,22,24). The zero-order valence-corrected chi connectivity index (χ0v) is 15.9. The third kappa shape index (κ3) is 5.26. The molecule has 0 saturated heterocycles. The van der Waals surface area contributed by atoms with Crippen molar-refractivity contribution in [2.24, 2.45) is 0 Å². The van der Waals surface area contributed by atoms with Crippen LogP contribution in [0.25, 0.3) is 0 Å². The lowest BCUT2D eigenvalue weighted by Crippen LogP contribution is -2.37. The van der Waals surface area contributed by atoms with Crippen molar-refractivity contribution in [3.05, 3.63) is 58.1 Å². The molecule has 0 radical (unpaired) electrons. The van der Waals surface area contributed by atoms with Crippen molar-refractivity contribution in [3.63, 3.8) is 0 Å². The van der Waals surface area contributed by atoms with Gasteiger partial charge in [0.25, 0.3) is 0 Å². The SMILES string of the molecule is COc1ccc(Cl)cc1NC(=O)NCC(c1ccccc1Cl)N(C)C. The fourth-order valence-electron chi connectivity index (χ4n) is 2.45. The maximum atomic E-state index is 12.3. The third-order valence-corrected chi connectivity index (χ3v) is 4.33. The first-order valence-corrected chi connectivity index (χ1v) is 8.47. The van der Waals surface area contributed by atoms with Crippen LogP contribution in [0.2, 0.25) is 10.0 Å². The van der Waals surface area contributed by atoms with Crippen molar-refractivity contribution in [3.8, 4) is 5.75 Å². The lowest BCUT2D eigenvalue weighted by atomic mass is 10.1. The Kier molecular flexibility index (Phi) is 6.93. The lowest BCUT2D eigenvalue weighted by molar-refractivity contribution is 0.243. The quantitative estimate of drug-likeness (QED) is 0.777. The predicted molar refractivity (Wildman–Crippen MR) is 103 cm³/mol. The molecule has 0 saturated carbocycles. The van der Waals surface area contributed by atoms with Gasteiger partial charge < -0.3 is 20.3 Å². The Labute approximate surface area is 157 Å². The van der Waals surface area contributed by atoms with E-state index in [0.29, 0.717) is 28.0 Å². The summed E-state index contributed by atoms with van der Waals surface area (Å²) in [4.78, 5) is 14.3. The van der Waals surface area contributed by atoms with Gasteiger partial charge in [-0.25, -0.2) is 4.79 Å². The van der Waals surface area contributed by atoms with Gasteiger partial charge in [-0.15, -0.1) is 0 Å². The highest BCUT2D eigenvalue weighted by atomic mass is 35.5. The number of urea groups is 1. The Hall–Kier alpha value is -1.95. The van der Waals surface area contributed by atoms with Crippen LogP contribution in [0.5, 0.6) is 5.75 Å². The predicted octanol–water partition coefficient (Wildman–Crippen LogP) is 4.43. The largest absolute Gasteiger partial charge is 0.495 e. The van der Waals surface area contributed by atoms with Gasteiger partial charge >= 0.3 is 6.03 Å². The van der Waals surface area contributed by atoms with Crippen LogP contribution >= 0.6 is 23.2 Å². The number of likely N-dealkylation sites (N-methyl/N-ethyl adjacent to an activating group) is 1. The molecule has 0 bridgehead atoms. The van der Waals surface area contributed by atoms with E-state index in [1.54, 1.807) is 18.2 Å². The normalized spacial score (nSPS) is 11.9. The number of nitrogens with zero attached hydrogens (tertiary/aromatic N) is 1. The number of carbonyl (C=O) groups is 1. The van der Waals surface area contributed by atoms with Crippen molar-refractivity contribution in [2.75, 3.05) is 33.1 Å². The Morgan fingerprint density at radius 1 is 1.20 bits per heavy atom. The molecule has 1 atom stereocenters. The van der Waals surface area contributed by atoms with E-state index in [1.807, 2.05) is 43.3 Å². The van der Waals surface area contributed by atoms with Gasteiger partial charge in [-0.2, -0.15) is 0 Å². The number of benzene rings is 2. The Balaban J connectivity index is 2.05. The zero-order valence-electron chi connectivity index (χ0n) is 14.3. The Morgan fingerprint density at radius 3 is 2.56 bits per heavy atom. The summed E-state index contributed by atoms with van der Waals surface area (Å²) in [6.07, 6.45) is 0. The van der Waals surface area contributed by atoms with Gasteiger partial charge in [-0.3, -0.25) is 0 Å². The van der Waals surface area contributed by atoms with E-state index in [4.69, 9.17) is 27.9 Å². The van der Waals surface area contributed by atoms with Crippen LogP contribution in [0.1, 0.15) is 11.6 Å². The second kappa shape index (κ2) is 8.94. The number of halogens is 2. The number of carbonyl (C=O) groups excluding carboxylic acids is 1. The van der Waals surface area contributed by atoms with E-state index in [-0.39, 0.29) is 12.1 Å². The summed E-state index contributed by atoms with van der Waals surface area (Å²) in [5.41, 5.74) is 1.46. The van der Waals surface area contributed by atoms with Crippen molar-refractivity contribution in [1.82, 2.24) is 10.2 Å². The fourth-order valence-corrected chi connectivity index (χ4v) is 2.88. The molecule has 5 nitrogen and oxygen atoms in total. The molecule has 0 aliphatic rings. The molecule has 7 heteroatoms. The molecule has 0 heterocycles. The van der Waals surface area contributed by atoms with Gasteiger partial charge in [0, 0.05) is 16.6 Å². The van der Waals surface area contributed by atoms with Gasteiger partial charge in [0.15, 0.2) is 0 Å². The molecule has 2 aromatic carbocycles. The number of ether oxygens (including phenoxy) is 1. The number of nitrogens with one attached hydrogen (secondary N) is 2. The van der Waals surface area contributed by atoms with Gasteiger partial charge in [0.1, 0.15) is 5.75 Å². The van der Waals surface area contributed by atoms with Crippen LogP contribution in [-0.2, 0) is 0 Å². The third-order valence-electron chi connectivity index (χ3n) is 3.75. The van der Waals surface area contributed by atoms with Crippen molar-refractivity contribution >= 4 is 34.9 Å². The molecule has 25 heavy (non-hydrogen) atoms. The first-order valence-electron chi connectivity index (χ1n) is 7.71. The maximum absolute atomic E-state index is 12.3. The molecular weight excluding hydrogens is 361 g/mol. The van der Waals surface area contributed by atoms with Crippen LogP contribution in [0.15, 0.2) is 42.5 Å². The number of anilines is 1. The smallest absolute Gasteiger partial charge is 0.319 e. The number of rotatable bonds is 6. The summed E-state index contributed by atoms with van der Waals surface area (Å²) in [6.45, 7) is 0.394. The van der Waals surface area contributed by atoms with Gasteiger partial charge in [-0.1, -0.05) is 41.4 Å². The summed E-state index contributed by atoms with van der Waals surface area (Å²) in [6, 6.07) is 12.2. The minimum Gasteiger partial charge on any atom is -0.495 e. The zero-order chi connectivity index (χ0) is 18.4. The van der Waals surface area contributed by atoms with Crippen LogP contribution in [0.3, 0.4) is 0 Å². The first kappa shape index (κ1) is 19.4. The highest BCUT2D eigenvalue weighted by Gasteiger charge is 2.18. The van der Waals surface area contributed by atoms with Crippen molar-refractivity contribution < 1.29 is 9.53 Å². The molecule has 0 aliphatic heterocycles. The number of amides is 2.